The Kier molecular flexibility index (Phi) is 13.4. The van der Waals surface area contributed by atoms with Crippen LogP contribution in [0.4, 0.5) is 13.2 Å². The minimum absolute atomic E-state index is 0. The first-order chi connectivity index (χ1) is 13.3. The Morgan fingerprint density at radius 2 is 1.53 bits per heavy atom. The number of hydrogen-bond acceptors (Lipinski definition) is 0. The van der Waals surface area contributed by atoms with Crippen LogP contribution in [0.3, 0.4) is 0 Å². The first kappa shape index (κ1) is 30.4. The molecule has 0 amide bonds. The summed E-state index contributed by atoms with van der Waals surface area (Å²) in [7, 11) is 0. The van der Waals surface area contributed by atoms with E-state index in [2.05, 4.69) is 13.0 Å². The number of allylic oxidation sites excluding steroid dienone is 8. The van der Waals surface area contributed by atoms with Crippen LogP contribution in [-0.2, 0) is 17.4 Å². The summed E-state index contributed by atoms with van der Waals surface area (Å²) in [6.07, 6.45) is 20.5. The molecule has 30 heavy (non-hydrogen) atoms. The van der Waals surface area contributed by atoms with Crippen LogP contribution in [-0.4, -0.2) is 10.8 Å². The molecule has 0 aromatic rings. The third kappa shape index (κ3) is 6.27. The Labute approximate surface area is 196 Å². The molecule has 0 saturated heterocycles. The van der Waals surface area contributed by atoms with E-state index in [0.717, 1.165) is 31.4 Å². The summed E-state index contributed by atoms with van der Waals surface area (Å²) in [6, 6.07) is 0. The number of hydrogen-bond donors (Lipinski definition) is 0. The summed E-state index contributed by atoms with van der Waals surface area (Å²) in [6.45, 7) is 5.62. The Morgan fingerprint density at radius 3 is 2.10 bits per heavy atom. The largest absolute Gasteiger partial charge is 0.147 e. The molecule has 174 valence electrons. The van der Waals surface area contributed by atoms with Gasteiger partial charge in [0.1, 0.15) is 0 Å². The van der Waals surface area contributed by atoms with Gasteiger partial charge in [0.25, 0.3) is 0 Å². The van der Waals surface area contributed by atoms with E-state index in [1.807, 2.05) is 31.2 Å². The van der Waals surface area contributed by atoms with Crippen molar-refractivity contribution >= 4 is 31.7 Å². The quantitative estimate of drug-likeness (QED) is 0.165. The predicted octanol–water partition coefficient (Wildman–Crippen LogP) is 8.61. The number of unbranched alkanes of at least 4 members (excludes halogenated alkanes) is 6. The fourth-order valence-corrected chi connectivity index (χ4v) is 22.6. The second kappa shape index (κ2) is 13.2. The second-order valence-electron chi connectivity index (χ2n) is 8.78. The molecule has 0 radical (unpaired) electrons. The topological polar surface area (TPSA) is 0 Å². The Balaban J connectivity index is 0.00000420. The van der Waals surface area contributed by atoms with Gasteiger partial charge in [0.2, 0.25) is 0 Å². The average Bonchev–Trinajstić information content (AvgIpc) is 3.34. The van der Waals surface area contributed by atoms with Gasteiger partial charge >= 0.3 is 172 Å². The summed E-state index contributed by atoms with van der Waals surface area (Å²) < 4.78 is 42.5. The number of halogens is 5. The van der Waals surface area contributed by atoms with Crippen molar-refractivity contribution in [3.8, 4) is 0 Å². The molecule has 0 atom stereocenters. The molecule has 0 N–H and O–H groups in total. The van der Waals surface area contributed by atoms with Gasteiger partial charge in [0.05, 0.1) is 0 Å². The van der Waals surface area contributed by atoms with E-state index in [9.17, 15) is 13.2 Å². The molecule has 0 aliphatic heterocycles. The van der Waals surface area contributed by atoms with Gasteiger partial charge in [-0.1, -0.05) is 0 Å². The van der Waals surface area contributed by atoms with Crippen molar-refractivity contribution in [2.24, 2.45) is 0 Å². The Bertz CT molecular complexity index is 735. The fraction of sp³-hybridized carbons (Fsp3) is 0.652. The monoisotopic (exact) mass is 560 g/mol. The Hall–Kier alpha value is 0.430. The van der Waals surface area contributed by atoms with Crippen LogP contribution in [0, 0.1) is 0 Å². The third-order valence-corrected chi connectivity index (χ3v) is 33.0. The van der Waals surface area contributed by atoms with E-state index < -0.39 is 21.3 Å². The summed E-state index contributed by atoms with van der Waals surface area (Å²) in [5.74, 6) is 0. The van der Waals surface area contributed by atoms with Crippen LogP contribution in [0.2, 0.25) is 4.13 Å². The van der Waals surface area contributed by atoms with Crippen LogP contribution >= 0.6 is 24.8 Å². The number of alkyl halides is 3. The zero-order valence-electron chi connectivity index (χ0n) is 18.5. The number of rotatable bonds is 12. The molecule has 0 bridgehead atoms. The minimum atomic E-state index is -5.28. The van der Waals surface area contributed by atoms with Crippen molar-refractivity contribution < 1.29 is 30.6 Å². The smallest absolute Gasteiger partial charge is 0.147 e. The van der Waals surface area contributed by atoms with Crippen LogP contribution in [0.5, 0.6) is 0 Å². The van der Waals surface area contributed by atoms with E-state index in [1.54, 1.807) is 0 Å². The van der Waals surface area contributed by atoms with Gasteiger partial charge in [-0.05, 0) is 0 Å². The van der Waals surface area contributed by atoms with Gasteiger partial charge in [-0.2, -0.15) is 0 Å². The normalized spacial score (nSPS) is 16.5. The van der Waals surface area contributed by atoms with E-state index in [0.29, 0.717) is 23.4 Å². The van der Waals surface area contributed by atoms with Crippen molar-refractivity contribution in [2.75, 3.05) is 0 Å². The molecule has 2 rings (SSSR count). The van der Waals surface area contributed by atoms with Crippen molar-refractivity contribution in [2.45, 2.75) is 92.5 Å². The minimum Gasteiger partial charge on any atom is -0.147 e. The van der Waals surface area contributed by atoms with Gasteiger partial charge in [-0.25, -0.2) is 0 Å². The van der Waals surface area contributed by atoms with Crippen molar-refractivity contribution in [3.05, 3.63) is 42.5 Å². The molecule has 0 spiro atoms. The molecule has 0 fully saturated rings. The zero-order valence-corrected chi connectivity index (χ0v) is 24.0. The molecule has 0 aromatic heterocycles. The summed E-state index contributed by atoms with van der Waals surface area (Å²) in [5, 5.41) is 0. The molecular weight excluding hydrogens is 523 g/mol. The van der Waals surface area contributed by atoms with Crippen molar-refractivity contribution in [1.82, 2.24) is 0 Å². The van der Waals surface area contributed by atoms with Gasteiger partial charge in [-0.3, -0.25) is 0 Å². The maximum atomic E-state index is 14.9. The molecule has 0 saturated carbocycles. The Morgan fingerprint density at radius 1 is 0.900 bits per heavy atom. The zero-order chi connectivity index (χ0) is 20.7. The summed E-state index contributed by atoms with van der Waals surface area (Å²) in [4.78, 5) is 0. The fourth-order valence-electron chi connectivity index (χ4n) is 4.78. The van der Waals surface area contributed by atoms with Gasteiger partial charge in [0.15, 0.2) is 0 Å². The molecule has 2 aliphatic rings. The summed E-state index contributed by atoms with van der Waals surface area (Å²) >= 11 is -5.28. The van der Waals surface area contributed by atoms with E-state index in [1.165, 1.54) is 39.0 Å². The van der Waals surface area contributed by atoms with Crippen LogP contribution in [0.15, 0.2) is 42.5 Å². The van der Waals surface area contributed by atoms with Crippen LogP contribution in [0.25, 0.3) is 0 Å². The van der Waals surface area contributed by atoms with Gasteiger partial charge < -0.3 is 0 Å². The molecule has 0 unspecified atom stereocenters. The standard InChI is InChI=1S/C13H21.C5H5.C4H9.CF3.2ClH.H2Si.Zr/c1-2-3-4-5-6-7-10-13-11-8-9-12-13;1-2-4-5-3-1;1-3-4-2;2-1(3)4;;;;/h11-12H,2-8,10H2,1H3;1-3H,4H2;1,3-4H2,2H3;;2*1H;1H2;. The third-order valence-electron chi connectivity index (χ3n) is 6.85. The van der Waals surface area contributed by atoms with Crippen LogP contribution in [0.1, 0.15) is 84.5 Å². The molecule has 0 aromatic carbocycles. The van der Waals surface area contributed by atoms with E-state index in [-0.39, 0.29) is 24.8 Å². The van der Waals surface area contributed by atoms with Crippen molar-refractivity contribution in [1.29, 1.82) is 0 Å². The first-order valence-electron chi connectivity index (χ1n) is 11.1. The second-order valence-corrected chi connectivity index (χ2v) is 32.1. The van der Waals surface area contributed by atoms with Crippen LogP contribution < -0.4 is 0 Å². The molecule has 2 aliphatic carbocycles. The SMILES string of the molecule is CCCCCCCCC1=CC[C]([Zr](=[SiH2])([CH2]CCC)([C]2=CC=CC2)[C](F)(F)F)=C1.Cl.Cl. The molecular formula is C23H39Cl2F3SiZr. The maximum absolute atomic E-state index is 14.9. The molecule has 0 nitrogen and oxygen atoms in total. The van der Waals surface area contributed by atoms with E-state index >= 15 is 0 Å². The molecule has 7 heteroatoms. The summed E-state index contributed by atoms with van der Waals surface area (Å²) in [5.41, 5.74) is 1.16. The maximum Gasteiger partial charge on any atom is -0.147 e. The predicted molar refractivity (Wildman–Crippen MR) is 129 cm³/mol. The molecule has 0 heterocycles. The van der Waals surface area contributed by atoms with Gasteiger partial charge in [-0.15, -0.1) is 24.8 Å². The average molecular weight is 563 g/mol. The van der Waals surface area contributed by atoms with Gasteiger partial charge in [0, 0.05) is 0 Å². The van der Waals surface area contributed by atoms with Crippen molar-refractivity contribution in [3.63, 3.8) is 0 Å². The first-order valence-corrected chi connectivity index (χ1v) is 22.5. The van der Waals surface area contributed by atoms with E-state index in [4.69, 9.17) is 0 Å².